The third kappa shape index (κ3) is 2.36. The van der Waals surface area contributed by atoms with Crippen molar-refractivity contribution >= 4 is 39.2 Å². The van der Waals surface area contributed by atoms with E-state index in [9.17, 15) is 14.4 Å². The Hall–Kier alpha value is -3.20. The Bertz CT molecular complexity index is 1370. The van der Waals surface area contributed by atoms with Crippen LogP contribution >= 0.6 is 11.3 Å². The highest BCUT2D eigenvalue weighted by molar-refractivity contribution is 7.15. The Labute approximate surface area is 150 Å². The first-order chi connectivity index (χ1) is 12.4. The van der Waals surface area contributed by atoms with E-state index < -0.39 is 11.2 Å². The van der Waals surface area contributed by atoms with Gasteiger partial charge >= 0.3 is 5.69 Å². The van der Waals surface area contributed by atoms with E-state index in [-0.39, 0.29) is 16.7 Å². The largest absolute Gasteiger partial charge is 0.378 e. The second kappa shape index (κ2) is 5.67. The summed E-state index contributed by atoms with van der Waals surface area (Å²) in [5, 5.41) is 0. The lowest BCUT2D eigenvalue weighted by Gasteiger charge is -2.11. The fourth-order valence-electron chi connectivity index (χ4n) is 2.78. The number of nitrogens with one attached hydrogen (secondary N) is 1. The molecule has 0 aliphatic carbocycles. The fraction of sp³-hybridized carbons (Fsp3) is 0.176. The van der Waals surface area contributed by atoms with Gasteiger partial charge in [0.25, 0.3) is 11.1 Å². The second-order valence-electron chi connectivity index (χ2n) is 6.12. The molecule has 0 atom stereocenters. The quantitative estimate of drug-likeness (QED) is 0.533. The summed E-state index contributed by atoms with van der Waals surface area (Å²) >= 11 is 1.18. The number of benzene rings is 1. The summed E-state index contributed by atoms with van der Waals surface area (Å²) in [6.07, 6.45) is 1.77. The van der Waals surface area contributed by atoms with Crippen LogP contribution in [0.2, 0.25) is 0 Å². The fourth-order valence-corrected chi connectivity index (χ4v) is 3.75. The van der Waals surface area contributed by atoms with Crippen molar-refractivity contribution in [1.82, 2.24) is 18.9 Å². The molecule has 132 valence electrons. The van der Waals surface area contributed by atoms with E-state index in [1.54, 1.807) is 6.08 Å². The molecule has 0 saturated heterocycles. The normalized spacial score (nSPS) is 12.3. The third-order valence-corrected chi connectivity index (χ3v) is 5.18. The summed E-state index contributed by atoms with van der Waals surface area (Å²) in [6.45, 7) is 0. The number of aromatic nitrogens is 4. The molecule has 0 spiro atoms. The van der Waals surface area contributed by atoms with Crippen LogP contribution in [-0.4, -0.2) is 33.0 Å². The first kappa shape index (κ1) is 16.3. The van der Waals surface area contributed by atoms with E-state index in [1.807, 2.05) is 43.3 Å². The minimum absolute atomic E-state index is 0.0888. The smallest absolute Gasteiger partial charge is 0.329 e. The van der Waals surface area contributed by atoms with Crippen molar-refractivity contribution < 1.29 is 0 Å². The van der Waals surface area contributed by atoms with Crippen molar-refractivity contribution in [2.45, 2.75) is 0 Å². The minimum Gasteiger partial charge on any atom is -0.378 e. The summed E-state index contributed by atoms with van der Waals surface area (Å²) in [5.41, 5.74) is 0.718. The number of aryl methyl sites for hydroxylation is 1. The Kier molecular flexibility index (Phi) is 3.55. The maximum atomic E-state index is 12.8. The van der Waals surface area contributed by atoms with E-state index in [1.165, 1.54) is 27.4 Å². The Morgan fingerprint density at radius 1 is 1.15 bits per heavy atom. The van der Waals surface area contributed by atoms with E-state index in [0.29, 0.717) is 9.49 Å². The van der Waals surface area contributed by atoms with Gasteiger partial charge in [-0.15, -0.1) is 0 Å². The van der Waals surface area contributed by atoms with Gasteiger partial charge in [0, 0.05) is 26.8 Å². The first-order valence-corrected chi connectivity index (χ1v) is 8.62. The molecule has 0 fully saturated rings. The molecule has 3 heterocycles. The highest BCUT2D eigenvalue weighted by Crippen LogP contribution is 2.14. The summed E-state index contributed by atoms with van der Waals surface area (Å²) < 4.78 is 2.96. The zero-order valence-corrected chi connectivity index (χ0v) is 15.1. The van der Waals surface area contributed by atoms with Gasteiger partial charge in [-0.1, -0.05) is 23.5 Å². The summed E-state index contributed by atoms with van der Waals surface area (Å²) in [5.74, 6) is 0. The maximum absolute atomic E-state index is 12.8. The van der Waals surface area contributed by atoms with Crippen LogP contribution in [0, 0.1) is 0 Å². The van der Waals surface area contributed by atoms with Gasteiger partial charge < -0.3 is 4.90 Å². The molecule has 26 heavy (non-hydrogen) atoms. The van der Waals surface area contributed by atoms with Crippen molar-refractivity contribution in [3.63, 3.8) is 0 Å². The minimum atomic E-state index is -0.618. The van der Waals surface area contributed by atoms with Gasteiger partial charge in [0.15, 0.2) is 16.1 Å². The molecule has 0 aliphatic rings. The van der Waals surface area contributed by atoms with E-state index in [4.69, 9.17) is 0 Å². The van der Waals surface area contributed by atoms with Gasteiger partial charge in [-0.3, -0.25) is 19.1 Å². The molecule has 0 bridgehead atoms. The van der Waals surface area contributed by atoms with Crippen LogP contribution in [0.15, 0.2) is 38.6 Å². The number of aromatic amines is 1. The maximum Gasteiger partial charge on any atom is 0.329 e. The zero-order chi connectivity index (χ0) is 18.6. The Balaban J connectivity index is 1.97. The van der Waals surface area contributed by atoms with Crippen LogP contribution in [0.1, 0.15) is 5.56 Å². The number of nitrogens with zero attached hydrogens (tertiary/aromatic N) is 4. The molecule has 1 N–H and O–H groups in total. The molecular formula is C17H15N5O3S. The van der Waals surface area contributed by atoms with Crippen molar-refractivity contribution in [3.05, 3.63) is 65.6 Å². The number of rotatable bonds is 2. The van der Waals surface area contributed by atoms with Crippen LogP contribution in [0.5, 0.6) is 0 Å². The average molecular weight is 369 g/mol. The van der Waals surface area contributed by atoms with Crippen LogP contribution < -0.4 is 26.2 Å². The SMILES string of the molecule is CN(C)c1ccc(C=c2sc3nc4c(c(=O)[nH]c(=O)n4C)n3c2=O)cc1. The lowest BCUT2D eigenvalue weighted by atomic mass is 10.2. The van der Waals surface area contributed by atoms with Crippen molar-refractivity contribution in [3.8, 4) is 0 Å². The Morgan fingerprint density at radius 2 is 1.85 bits per heavy atom. The van der Waals surface area contributed by atoms with Crippen molar-refractivity contribution in [2.24, 2.45) is 7.05 Å². The van der Waals surface area contributed by atoms with Gasteiger partial charge in [0.2, 0.25) is 0 Å². The molecule has 0 amide bonds. The molecule has 8 nitrogen and oxygen atoms in total. The van der Waals surface area contributed by atoms with E-state index in [0.717, 1.165) is 11.3 Å². The molecule has 0 saturated carbocycles. The lowest BCUT2D eigenvalue weighted by molar-refractivity contribution is 0.832. The molecular weight excluding hydrogens is 354 g/mol. The molecule has 4 aromatic rings. The third-order valence-electron chi connectivity index (χ3n) is 4.21. The first-order valence-electron chi connectivity index (χ1n) is 7.80. The van der Waals surface area contributed by atoms with E-state index >= 15 is 0 Å². The molecule has 9 heteroatoms. The van der Waals surface area contributed by atoms with Crippen LogP contribution in [-0.2, 0) is 7.05 Å². The number of thiazole rings is 1. The van der Waals surface area contributed by atoms with Crippen molar-refractivity contribution in [2.75, 3.05) is 19.0 Å². The molecule has 0 unspecified atom stereocenters. The standard InChI is InChI=1S/C17H15N5O3S/c1-20(2)10-6-4-9(5-7-10)8-11-15(24)22-12-13(18-17(22)26-11)21(3)16(25)19-14(12)23/h4-8H,1-3H3,(H,19,23,25). The van der Waals surface area contributed by atoms with Crippen LogP contribution in [0.25, 0.3) is 22.2 Å². The molecule has 3 aromatic heterocycles. The molecule has 4 rings (SSSR count). The number of hydrogen-bond donors (Lipinski definition) is 1. The van der Waals surface area contributed by atoms with Crippen LogP contribution in [0.4, 0.5) is 5.69 Å². The highest BCUT2D eigenvalue weighted by Gasteiger charge is 2.17. The Morgan fingerprint density at radius 3 is 2.50 bits per heavy atom. The predicted octanol–water partition coefficient (Wildman–Crippen LogP) is -0.0901. The van der Waals surface area contributed by atoms with Crippen molar-refractivity contribution in [1.29, 1.82) is 0 Å². The molecule has 0 radical (unpaired) electrons. The number of imidazole rings is 1. The zero-order valence-electron chi connectivity index (χ0n) is 14.3. The summed E-state index contributed by atoms with van der Waals surface area (Å²) in [6, 6.07) is 7.77. The molecule has 1 aromatic carbocycles. The van der Waals surface area contributed by atoms with E-state index in [2.05, 4.69) is 9.97 Å². The van der Waals surface area contributed by atoms with Crippen LogP contribution in [0.3, 0.4) is 0 Å². The average Bonchev–Trinajstić information content (AvgIpc) is 3.11. The highest BCUT2D eigenvalue weighted by atomic mass is 32.1. The lowest BCUT2D eigenvalue weighted by Crippen LogP contribution is -2.31. The second-order valence-corrected chi connectivity index (χ2v) is 7.13. The monoisotopic (exact) mass is 369 g/mol. The van der Waals surface area contributed by atoms with Gasteiger partial charge in [0.1, 0.15) is 0 Å². The molecule has 0 aliphatic heterocycles. The van der Waals surface area contributed by atoms with Gasteiger partial charge in [-0.25, -0.2) is 9.20 Å². The van der Waals surface area contributed by atoms with Gasteiger partial charge in [0.05, 0.1) is 4.53 Å². The number of anilines is 1. The number of hydrogen-bond acceptors (Lipinski definition) is 6. The van der Waals surface area contributed by atoms with Gasteiger partial charge in [-0.05, 0) is 23.8 Å². The summed E-state index contributed by atoms with van der Waals surface area (Å²) in [7, 11) is 5.42. The number of H-pyrrole nitrogens is 1. The van der Waals surface area contributed by atoms with Gasteiger partial charge in [-0.2, -0.15) is 4.98 Å². The summed E-state index contributed by atoms with van der Waals surface area (Å²) in [4.78, 5) is 45.5. The predicted molar refractivity (Wildman–Crippen MR) is 102 cm³/mol. The number of fused-ring (bicyclic) bond motifs is 3. The topological polar surface area (TPSA) is 92.5 Å².